The summed E-state index contributed by atoms with van der Waals surface area (Å²) in [5.41, 5.74) is 2.75. The number of hydrogen-bond donors (Lipinski definition) is 2. The Morgan fingerprint density at radius 1 is 0.882 bits per heavy atom. The third-order valence-electron chi connectivity index (χ3n) is 5.16. The molecule has 4 amide bonds. The molecule has 0 aromatic heterocycles. The topological polar surface area (TPSA) is 91.0 Å². The van der Waals surface area contributed by atoms with Gasteiger partial charge in [0.25, 0.3) is 0 Å². The third-order valence-corrected chi connectivity index (χ3v) is 5.16. The molecule has 0 bridgehead atoms. The van der Waals surface area contributed by atoms with Crippen LogP contribution in [0.5, 0.6) is 5.75 Å². The first-order chi connectivity index (χ1) is 16.4. The molecule has 8 heteroatoms. The van der Waals surface area contributed by atoms with Crippen LogP contribution in [0.1, 0.15) is 5.56 Å². The fourth-order valence-corrected chi connectivity index (χ4v) is 3.35. The number of likely N-dealkylation sites (N-methyl/N-ethyl adjacent to an activating group) is 1. The smallest absolute Gasteiger partial charge is 0.319 e. The van der Waals surface area contributed by atoms with E-state index in [1.165, 1.54) is 16.9 Å². The normalized spacial score (nSPS) is 10.2. The van der Waals surface area contributed by atoms with E-state index in [4.69, 9.17) is 4.74 Å². The van der Waals surface area contributed by atoms with Crippen molar-refractivity contribution >= 4 is 34.9 Å². The number of carbonyl (C=O) groups excluding carboxylic acids is 3. The lowest BCUT2D eigenvalue weighted by molar-refractivity contribution is -0.121. The van der Waals surface area contributed by atoms with E-state index in [0.717, 1.165) is 5.56 Å². The number of aryl methyl sites for hydroxylation is 1. The molecule has 0 fully saturated rings. The highest BCUT2D eigenvalue weighted by Crippen LogP contribution is 2.28. The van der Waals surface area contributed by atoms with E-state index in [1.54, 1.807) is 37.4 Å². The van der Waals surface area contributed by atoms with Gasteiger partial charge < -0.3 is 20.3 Å². The number of anilines is 3. The maximum Gasteiger partial charge on any atom is 0.319 e. The highest BCUT2D eigenvalue weighted by Gasteiger charge is 2.24. The summed E-state index contributed by atoms with van der Waals surface area (Å²) in [5, 5.41) is 5.26. The van der Waals surface area contributed by atoms with Crippen LogP contribution in [0.25, 0.3) is 0 Å². The number of nitrogens with one attached hydrogen (secondary N) is 2. The van der Waals surface area contributed by atoms with E-state index >= 15 is 0 Å². The van der Waals surface area contributed by atoms with Crippen molar-refractivity contribution in [2.75, 3.05) is 42.4 Å². The Morgan fingerprint density at radius 3 is 2.29 bits per heavy atom. The standard InChI is InChI=1S/C26H28N4O4/c1-19-10-9-11-20(16-19)28-26(33)27-17-24(31)30(22-14-7-8-15-23(22)34-3)18-25(32)29(2)21-12-5-4-6-13-21/h4-16H,17-18H2,1-3H3,(H2,27,28,33). The van der Waals surface area contributed by atoms with Gasteiger partial charge in [0.15, 0.2) is 0 Å². The number of carbonyl (C=O) groups is 3. The summed E-state index contributed by atoms with van der Waals surface area (Å²) in [4.78, 5) is 41.3. The molecule has 0 saturated heterocycles. The number of urea groups is 1. The second kappa shape index (κ2) is 11.5. The zero-order valence-corrected chi connectivity index (χ0v) is 19.4. The van der Waals surface area contributed by atoms with Crippen LogP contribution in [0, 0.1) is 6.92 Å². The molecule has 0 aliphatic carbocycles. The summed E-state index contributed by atoms with van der Waals surface area (Å²) in [6.07, 6.45) is 0. The molecule has 0 aliphatic rings. The minimum absolute atomic E-state index is 0.230. The maximum absolute atomic E-state index is 13.2. The van der Waals surface area contributed by atoms with Crippen LogP contribution in [-0.2, 0) is 9.59 Å². The number of nitrogens with zero attached hydrogens (tertiary/aromatic N) is 2. The second-order valence-corrected chi connectivity index (χ2v) is 7.62. The number of ether oxygens (including phenoxy) is 1. The van der Waals surface area contributed by atoms with E-state index in [9.17, 15) is 14.4 Å². The summed E-state index contributed by atoms with van der Waals surface area (Å²) in [7, 11) is 3.14. The average molecular weight is 461 g/mol. The van der Waals surface area contributed by atoms with Gasteiger partial charge in [0.05, 0.1) is 19.3 Å². The fraction of sp³-hybridized carbons (Fsp3) is 0.192. The highest BCUT2D eigenvalue weighted by atomic mass is 16.5. The SMILES string of the molecule is COc1ccccc1N(CC(=O)N(C)c1ccccc1)C(=O)CNC(=O)Nc1cccc(C)c1. The lowest BCUT2D eigenvalue weighted by Gasteiger charge is -2.27. The van der Waals surface area contributed by atoms with Crippen molar-refractivity contribution in [1.29, 1.82) is 0 Å². The van der Waals surface area contributed by atoms with E-state index < -0.39 is 11.9 Å². The molecule has 176 valence electrons. The number of benzene rings is 3. The molecule has 2 N–H and O–H groups in total. The Hall–Kier alpha value is -4.33. The Kier molecular flexibility index (Phi) is 8.23. The van der Waals surface area contributed by atoms with Crippen LogP contribution in [0.15, 0.2) is 78.9 Å². The summed E-state index contributed by atoms with van der Waals surface area (Å²) in [6, 6.07) is 22.9. The van der Waals surface area contributed by atoms with Gasteiger partial charge in [0, 0.05) is 18.4 Å². The Bertz CT molecular complexity index is 1150. The summed E-state index contributed by atoms with van der Waals surface area (Å²) in [6.45, 7) is 1.38. The quantitative estimate of drug-likeness (QED) is 0.535. The molecule has 0 radical (unpaired) electrons. The van der Waals surface area contributed by atoms with Crippen LogP contribution in [-0.4, -0.2) is 45.1 Å². The Balaban J connectivity index is 1.74. The van der Waals surface area contributed by atoms with Gasteiger partial charge in [-0.05, 0) is 48.9 Å². The number of methoxy groups -OCH3 is 1. The monoisotopic (exact) mass is 460 g/mol. The molecule has 3 aromatic carbocycles. The zero-order valence-electron chi connectivity index (χ0n) is 19.4. The minimum atomic E-state index is -0.522. The molecule has 8 nitrogen and oxygen atoms in total. The van der Waals surface area contributed by atoms with Gasteiger partial charge in [0.2, 0.25) is 11.8 Å². The number of amides is 4. The van der Waals surface area contributed by atoms with E-state index in [2.05, 4.69) is 10.6 Å². The van der Waals surface area contributed by atoms with Crippen LogP contribution < -0.4 is 25.2 Å². The van der Waals surface area contributed by atoms with Gasteiger partial charge in [-0.25, -0.2) is 4.79 Å². The first-order valence-electron chi connectivity index (χ1n) is 10.8. The lowest BCUT2D eigenvalue weighted by Crippen LogP contribution is -2.46. The van der Waals surface area contributed by atoms with Crippen molar-refractivity contribution in [2.24, 2.45) is 0 Å². The van der Waals surface area contributed by atoms with Gasteiger partial charge in [-0.1, -0.05) is 42.5 Å². The molecule has 0 heterocycles. The molecular formula is C26H28N4O4. The van der Waals surface area contributed by atoms with E-state index in [1.807, 2.05) is 55.5 Å². The fourth-order valence-electron chi connectivity index (χ4n) is 3.35. The van der Waals surface area contributed by atoms with Crippen molar-refractivity contribution in [2.45, 2.75) is 6.92 Å². The number of rotatable bonds is 8. The molecular weight excluding hydrogens is 432 g/mol. The van der Waals surface area contributed by atoms with Crippen molar-refractivity contribution < 1.29 is 19.1 Å². The maximum atomic E-state index is 13.2. The first kappa shape index (κ1) is 24.3. The molecule has 3 aromatic rings. The molecule has 0 atom stereocenters. The van der Waals surface area contributed by atoms with Gasteiger partial charge >= 0.3 is 6.03 Å². The van der Waals surface area contributed by atoms with Crippen LogP contribution >= 0.6 is 0 Å². The second-order valence-electron chi connectivity index (χ2n) is 7.62. The zero-order chi connectivity index (χ0) is 24.5. The van der Waals surface area contributed by atoms with Crippen molar-refractivity contribution in [1.82, 2.24) is 5.32 Å². The molecule has 34 heavy (non-hydrogen) atoms. The molecule has 0 aliphatic heterocycles. The third kappa shape index (κ3) is 6.35. The predicted molar refractivity (Wildman–Crippen MR) is 133 cm³/mol. The van der Waals surface area contributed by atoms with E-state index in [-0.39, 0.29) is 19.0 Å². The van der Waals surface area contributed by atoms with Gasteiger partial charge in [0.1, 0.15) is 12.3 Å². The van der Waals surface area contributed by atoms with Crippen LogP contribution in [0.3, 0.4) is 0 Å². The number of hydrogen-bond acceptors (Lipinski definition) is 4. The van der Waals surface area contributed by atoms with Crippen molar-refractivity contribution in [3.63, 3.8) is 0 Å². The van der Waals surface area contributed by atoms with Gasteiger partial charge in [-0.3, -0.25) is 14.5 Å². The Morgan fingerprint density at radius 2 is 1.59 bits per heavy atom. The van der Waals surface area contributed by atoms with E-state index in [0.29, 0.717) is 22.8 Å². The summed E-state index contributed by atoms with van der Waals surface area (Å²) >= 11 is 0. The first-order valence-corrected chi connectivity index (χ1v) is 10.8. The van der Waals surface area contributed by atoms with Gasteiger partial charge in [-0.15, -0.1) is 0 Å². The molecule has 0 spiro atoms. The largest absolute Gasteiger partial charge is 0.495 e. The predicted octanol–water partition coefficient (Wildman–Crippen LogP) is 3.82. The summed E-state index contributed by atoms with van der Waals surface area (Å²) < 4.78 is 5.40. The average Bonchev–Trinajstić information content (AvgIpc) is 2.85. The molecule has 0 saturated carbocycles. The molecule has 0 unspecified atom stereocenters. The Labute approximate surface area is 199 Å². The number of para-hydroxylation sites is 3. The summed E-state index contributed by atoms with van der Waals surface area (Å²) in [5.74, 6) is -0.316. The molecule has 3 rings (SSSR count). The lowest BCUT2D eigenvalue weighted by atomic mass is 10.2. The minimum Gasteiger partial charge on any atom is -0.495 e. The van der Waals surface area contributed by atoms with Gasteiger partial charge in [-0.2, -0.15) is 0 Å². The highest BCUT2D eigenvalue weighted by molar-refractivity contribution is 6.05. The van der Waals surface area contributed by atoms with Crippen LogP contribution in [0.2, 0.25) is 0 Å². The van der Waals surface area contributed by atoms with Crippen molar-refractivity contribution in [3.8, 4) is 5.75 Å². The van der Waals surface area contributed by atoms with Crippen LogP contribution in [0.4, 0.5) is 21.9 Å². The van der Waals surface area contributed by atoms with Crippen molar-refractivity contribution in [3.05, 3.63) is 84.4 Å².